The van der Waals surface area contributed by atoms with Crippen molar-refractivity contribution in [3.05, 3.63) is 41.6 Å². The maximum absolute atomic E-state index is 6.11. The van der Waals surface area contributed by atoms with Crippen LogP contribution in [0.1, 0.15) is 34.6 Å². The first kappa shape index (κ1) is 14.2. The minimum Gasteiger partial charge on any atom is -0.411 e. The molecule has 1 unspecified atom stereocenters. The van der Waals surface area contributed by atoms with E-state index in [0.29, 0.717) is 0 Å². The Hall–Kier alpha value is -0.863. The monoisotopic (exact) mass is 248 g/mol. The van der Waals surface area contributed by atoms with Crippen molar-refractivity contribution in [2.45, 2.75) is 39.7 Å². The van der Waals surface area contributed by atoms with Crippen molar-refractivity contribution in [3.63, 3.8) is 0 Å². The summed E-state index contributed by atoms with van der Waals surface area (Å²) in [6.45, 7) is 11.1. The Morgan fingerprint density at radius 2 is 1.71 bits per heavy atom. The van der Waals surface area contributed by atoms with Gasteiger partial charge in [-0.25, -0.2) is 0 Å². The zero-order valence-electron chi connectivity index (χ0n) is 11.9. The summed E-state index contributed by atoms with van der Waals surface area (Å²) in [5.74, 6) is 0. The second kappa shape index (κ2) is 5.19. The topological polar surface area (TPSA) is 9.23 Å². The van der Waals surface area contributed by atoms with E-state index in [0.717, 1.165) is 0 Å². The van der Waals surface area contributed by atoms with Crippen LogP contribution in [-0.2, 0) is 4.43 Å². The smallest absolute Gasteiger partial charge is 0.256 e. The number of hydrogen-bond acceptors (Lipinski definition) is 1. The first-order chi connectivity index (χ1) is 7.90. The van der Waals surface area contributed by atoms with Gasteiger partial charge in [0.15, 0.2) is 0 Å². The lowest BCUT2D eigenvalue weighted by molar-refractivity contribution is 0.381. The van der Waals surface area contributed by atoms with Crippen molar-refractivity contribution in [1.82, 2.24) is 0 Å². The molecule has 0 saturated carbocycles. The van der Waals surface area contributed by atoms with Gasteiger partial charge >= 0.3 is 0 Å². The third-order valence-electron chi connectivity index (χ3n) is 3.53. The minimum absolute atomic E-state index is 0.139. The molecule has 0 aliphatic rings. The van der Waals surface area contributed by atoms with Crippen molar-refractivity contribution in [3.8, 4) is 0 Å². The van der Waals surface area contributed by atoms with Crippen LogP contribution in [0, 0.1) is 0 Å². The standard InChI is InChI=1S/C15H24OSi/c1-7-13(2)17(16-6,15(3,4)5)14-11-9-8-10-12-14/h7-12H,1-6H3. The minimum atomic E-state index is -2.09. The molecule has 0 aromatic heterocycles. The van der Waals surface area contributed by atoms with Crippen molar-refractivity contribution in [2.24, 2.45) is 0 Å². The first-order valence-electron chi connectivity index (χ1n) is 6.14. The molecule has 1 aromatic carbocycles. The molecule has 94 valence electrons. The third-order valence-corrected chi connectivity index (χ3v) is 8.80. The van der Waals surface area contributed by atoms with Crippen LogP contribution in [0.15, 0.2) is 41.6 Å². The molecule has 0 fully saturated rings. The largest absolute Gasteiger partial charge is 0.411 e. The lowest BCUT2D eigenvalue weighted by Gasteiger charge is -2.42. The summed E-state index contributed by atoms with van der Waals surface area (Å²) in [4.78, 5) is 0. The molecule has 0 saturated heterocycles. The Morgan fingerprint density at radius 3 is 2.06 bits per heavy atom. The van der Waals surface area contributed by atoms with Gasteiger partial charge in [0.25, 0.3) is 8.32 Å². The second-order valence-corrected chi connectivity index (χ2v) is 10.1. The first-order valence-corrected chi connectivity index (χ1v) is 8.05. The highest BCUT2D eigenvalue weighted by molar-refractivity contribution is 6.94. The van der Waals surface area contributed by atoms with Gasteiger partial charge in [0.2, 0.25) is 0 Å². The Balaban J connectivity index is 3.49. The maximum Gasteiger partial charge on any atom is 0.256 e. The fraction of sp³-hybridized carbons (Fsp3) is 0.467. The Bertz CT molecular complexity index is 389. The SMILES string of the molecule is CC=C(C)[Si](OC)(c1ccccc1)C(C)(C)C. The lowest BCUT2D eigenvalue weighted by atomic mass is 10.2. The highest BCUT2D eigenvalue weighted by Gasteiger charge is 2.48. The zero-order chi connectivity index (χ0) is 13.1. The highest BCUT2D eigenvalue weighted by Crippen LogP contribution is 2.40. The van der Waals surface area contributed by atoms with Gasteiger partial charge in [-0.05, 0) is 24.1 Å². The van der Waals surface area contributed by atoms with E-state index in [9.17, 15) is 0 Å². The fourth-order valence-electron chi connectivity index (χ4n) is 2.71. The Labute approximate surface area is 107 Å². The van der Waals surface area contributed by atoms with Gasteiger partial charge in [0.05, 0.1) is 0 Å². The molecule has 0 amide bonds. The summed E-state index contributed by atoms with van der Waals surface area (Å²) in [5.41, 5.74) is 0. The van der Waals surface area contributed by atoms with Crippen molar-refractivity contribution >= 4 is 13.5 Å². The third kappa shape index (κ3) is 2.38. The van der Waals surface area contributed by atoms with E-state index in [2.05, 4.69) is 71.0 Å². The molecule has 1 aromatic rings. The quantitative estimate of drug-likeness (QED) is 0.740. The average Bonchev–Trinajstić information content (AvgIpc) is 2.30. The van der Waals surface area contributed by atoms with Crippen LogP contribution in [0.25, 0.3) is 0 Å². The van der Waals surface area contributed by atoms with E-state index >= 15 is 0 Å². The predicted molar refractivity (Wildman–Crippen MR) is 78.0 cm³/mol. The van der Waals surface area contributed by atoms with E-state index < -0.39 is 8.32 Å². The number of hydrogen-bond donors (Lipinski definition) is 0. The van der Waals surface area contributed by atoms with Crippen LogP contribution in [0.3, 0.4) is 0 Å². The van der Waals surface area contributed by atoms with Gasteiger partial charge in [-0.2, -0.15) is 0 Å². The van der Waals surface area contributed by atoms with Crippen molar-refractivity contribution in [1.29, 1.82) is 0 Å². The molecule has 1 nitrogen and oxygen atoms in total. The summed E-state index contributed by atoms with van der Waals surface area (Å²) in [6.07, 6.45) is 2.20. The molecule has 0 bridgehead atoms. The normalized spacial score (nSPS) is 16.7. The summed E-state index contributed by atoms with van der Waals surface area (Å²) in [7, 11) is -0.231. The van der Waals surface area contributed by atoms with Gasteiger partial charge < -0.3 is 4.43 Å². The van der Waals surface area contributed by atoms with Gasteiger partial charge in [-0.3, -0.25) is 0 Å². The van der Waals surface area contributed by atoms with Crippen LogP contribution in [0.4, 0.5) is 0 Å². The molecule has 0 heterocycles. The summed E-state index contributed by atoms with van der Waals surface area (Å²) < 4.78 is 6.11. The number of benzene rings is 1. The molecular formula is C15H24OSi. The van der Waals surface area contributed by atoms with Crippen LogP contribution in [-0.4, -0.2) is 15.4 Å². The van der Waals surface area contributed by atoms with E-state index in [1.165, 1.54) is 10.4 Å². The van der Waals surface area contributed by atoms with Gasteiger partial charge in [0.1, 0.15) is 0 Å². The molecule has 1 rings (SSSR count). The zero-order valence-corrected chi connectivity index (χ0v) is 12.9. The van der Waals surface area contributed by atoms with Crippen molar-refractivity contribution < 1.29 is 4.43 Å². The summed E-state index contributed by atoms with van der Waals surface area (Å²) in [6, 6.07) is 10.7. The maximum atomic E-state index is 6.11. The molecule has 0 aliphatic heterocycles. The number of allylic oxidation sites excluding steroid dienone is 2. The molecule has 0 aliphatic carbocycles. The molecule has 1 atom stereocenters. The average molecular weight is 248 g/mol. The van der Waals surface area contributed by atoms with Crippen molar-refractivity contribution in [2.75, 3.05) is 7.11 Å². The summed E-state index contributed by atoms with van der Waals surface area (Å²) in [5, 5.41) is 2.88. The Morgan fingerprint density at radius 1 is 1.18 bits per heavy atom. The predicted octanol–water partition coefficient (Wildman–Crippen LogP) is 3.79. The molecular weight excluding hydrogens is 224 g/mol. The van der Waals surface area contributed by atoms with Gasteiger partial charge in [0, 0.05) is 7.11 Å². The lowest BCUT2D eigenvalue weighted by Crippen LogP contribution is -2.58. The molecule has 0 radical (unpaired) electrons. The molecule has 0 N–H and O–H groups in total. The van der Waals surface area contributed by atoms with Crippen LogP contribution >= 0.6 is 0 Å². The Kier molecular flexibility index (Phi) is 4.34. The highest BCUT2D eigenvalue weighted by atomic mass is 28.4. The molecule has 0 spiro atoms. The van der Waals surface area contributed by atoms with E-state index in [1.54, 1.807) is 0 Å². The van der Waals surface area contributed by atoms with E-state index in [1.807, 2.05) is 7.11 Å². The van der Waals surface area contributed by atoms with Crippen LogP contribution < -0.4 is 5.19 Å². The van der Waals surface area contributed by atoms with Gasteiger partial charge in [-0.15, -0.1) is 0 Å². The van der Waals surface area contributed by atoms with E-state index in [-0.39, 0.29) is 5.04 Å². The molecule has 17 heavy (non-hydrogen) atoms. The van der Waals surface area contributed by atoms with E-state index in [4.69, 9.17) is 4.43 Å². The molecule has 2 heteroatoms. The van der Waals surface area contributed by atoms with Crippen LogP contribution in [0.2, 0.25) is 5.04 Å². The second-order valence-electron chi connectivity index (χ2n) is 5.47. The van der Waals surface area contributed by atoms with Crippen LogP contribution in [0.5, 0.6) is 0 Å². The fourth-order valence-corrected chi connectivity index (χ4v) is 7.46. The summed E-state index contributed by atoms with van der Waals surface area (Å²) >= 11 is 0. The van der Waals surface area contributed by atoms with Gasteiger partial charge in [-0.1, -0.05) is 62.4 Å². The number of rotatable bonds is 3.